The van der Waals surface area contributed by atoms with E-state index < -0.39 is 5.60 Å². The number of hydrogen-bond donors (Lipinski definition) is 0. The van der Waals surface area contributed by atoms with Crippen LogP contribution in [0.5, 0.6) is 0 Å². The van der Waals surface area contributed by atoms with Crippen LogP contribution in [0.3, 0.4) is 0 Å². The summed E-state index contributed by atoms with van der Waals surface area (Å²) in [5.41, 5.74) is 3.18. The fourth-order valence-corrected chi connectivity index (χ4v) is 9.40. The van der Waals surface area contributed by atoms with Gasteiger partial charge in [0, 0.05) is 56.0 Å². The second-order valence-electron chi connectivity index (χ2n) is 9.56. The summed E-state index contributed by atoms with van der Waals surface area (Å²) in [5.74, 6) is 0. The van der Waals surface area contributed by atoms with Gasteiger partial charge in [-0.05, 0) is 85.4 Å². The van der Waals surface area contributed by atoms with Crippen molar-refractivity contribution in [2.24, 2.45) is 0 Å². The number of halogens is 1. The third kappa shape index (κ3) is 5.55. The molecule has 3 unspecified atom stereocenters. The van der Waals surface area contributed by atoms with E-state index in [9.17, 15) is 4.79 Å². The van der Waals surface area contributed by atoms with Crippen LogP contribution in [0.4, 0.5) is 14.8 Å². The van der Waals surface area contributed by atoms with Crippen LogP contribution in [0.1, 0.15) is 52.2 Å². The highest BCUT2D eigenvalue weighted by Crippen LogP contribution is 2.51. The second-order valence-corrected chi connectivity index (χ2v) is 13.5. The average molecular weight is 646 g/mol. The van der Waals surface area contributed by atoms with Crippen molar-refractivity contribution in [3.05, 3.63) is 35.7 Å². The highest BCUT2D eigenvalue weighted by molar-refractivity contribution is 14.2. The van der Waals surface area contributed by atoms with Crippen molar-refractivity contribution in [3.8, 4) is 0 Å². The minimum atomic E-state index is -0.462. The highest BCUT2D eigenvalue weighted by atomic mass is 127. The standard InChI is InChI=1S/C22H27IN5O2PS2.C2H6/c1-13-17-18(20(33-25-17)27(31-23)10-14-5-7-24-8-6-14)32-19(13)28-15-9-16(28)12-26(11-15)21(29)30-22(2,3)4;1-2/h5-8,15-16,31H,9-12H2,1-4H3;1-2H3. The molecule has 11 heteroatoms. The number of hydrogen-bond acceptors (Lipinski definition) is 8. The number of aryl methyl sites for hydroxylation is 1. The molecule has 2 saturated heterocycles. The van der Waals surface area contributed by atoms with Gasteiger partial charge in [-0.25, -0.2) is 4.79 Å². The van der Waals surface area contributed by atoms with Gasteiger partial charge in [0.2, 0.25) is 0 Å². The van der Waals surface area contributed by atoms with Crippen LogP contribution in [-0.4, -0.2) is 51.1 Å². The summed E-state index contributed by atoms with van der Waals surface area (Å²) in [7, 11) is 0. The van der Waals surface area contributed by atoms with E-state index in [4.69, 9.17) is 9.11 Å². The quantitative estimate of drug-likeness (QED) is 0.216. The molecule has 0 radical (unpaired) electrons. The van der Waals surface area contributed by atoms with Crippen LogP contribution in [0.15, 0.2) is 24.5 Å². The van der Waals surface area contributed by atoms with Gasteiger partial charge >= 0.3 is 6.09 Å². The molecule has 5 heterocycles. The molecular formula is C24H33IN5O2PS2. The smallest absolute Gasteiger partial charge is 0.410 e. The first-order chi connectivity index (χ1) is 16.7. The molecule has 35 heavy (non-hydrogen) atoms. The Morgan fingerprint density at radius 2 is 1.91 bits per heavy atom. The van der Waals surface area contributed by atoms with Crippen LogP contribution in [0, 0.1) is 6.92 Å². The molecule has 2 aliphatic heterocycles. The summed E-state index contributed by atoms with van der Waals surface area (Å²) in [6, 6.07) is 4.85. The zero-order chi connectivity index (χ0) is 25.3. The van der Waals surface area contributed by atoms with E-state index in [0.29, 0.717) is 18.5 Å². The molecule has 3 aromatic heterocycles. The molecule has 5 rings (SSSR count). The third-order valence-corrected chi connectivity index (χ3v) is 10.8. The van der Waals surface area contributed by atoms with E-state index >= 15 is 0 Å². The van der Waals surface area contributed by atoms with Gasteiger partial charge < -0.3 is 19.2 Å². The number of likely N-dealkylation sites (tertiary alicyclic amines) is 1. The predicted octanol–water partition coefficient (Wildman–Crippen LogP) is 7.24. The van der Waals surface area contributed by atoms with Gasteiger partial charge in [0.25, 0.3) is 0 Å². The van der Waals surface area contributed by atoms with E-state index in [1.165, 1.54) is 25.8 Å². The maximum Gasteiger partial charge on any atom is 0.410 e. The lowest BCUT2D eigenvalue weighted by molar-refractivity contribution is 0.00867. The molecule has 0 saturated carbocycles. The van der Waals surface area contributed by atoms with Gasteiger partial charge in [-0.15, -0.1) is 11.3 Å². The molecule has 2 bridgehead atoms. The Kier molecular flexibility index (Phi) is 8.45. The van der Waals surface area contributed by atoms with Gasteiger partial charge in [-0.1, -0.05) is 13.8 Å². The lowest BCUT2D eigenvalue weighted by atomic mass is 9.87. The van der Waals surface area contributed by atoms with E-state index in [0.717, 1.165) is 31.6 Å². The molecule has 2 aliphatic rings. The monoisotopic (exact) mass is 645 g/mol. The van der Waals surface area contributed by atoms with Crippen molar-refractivity contribution >= 4 is 77.6 Å². The van der Waals surface area contributed by atoms with E-state index in [-0.39, 0.29) is 6.09 Å². The first-order valence-electron chi connectivity index (χ1n) is 11.9. The number of thiophene rings is 1. The van der Waals surface area contributed by atoms with Crippen molar-refractivity contribution in [3.63, 3.8) is 0 Å². The normalized spacial score (nSPS) is 19.5. The topological polar surface area (TPSA) is 61.8 Å². The van der Waals surface area contributed by atoms with E-state index in [2.05, 4.69) is 55.7 Å². The predicted molar refractivity (Wildman–Crippen MR) is 159 cm³/mol. The zero-order valence-electron chi connectivity index (χ0n) is 21.0. The number of aromatic nitrogens is 2. The Labute approximate surface area is 230 Å². The van der Waals surface area contributed by atoms with Crippen molar-refractivity contribution in [2.75, 3.05) is 22.7 Å². The van der Waals surface area contributed by atoms with Crippen molar-refractivity contribution in [1.29, 1.82) is 0 Å². The number of amides is 1. The van der Waals surface area contributed by atoms with Gasteiger partial charge in [-0.3, -0.25) is 4.98 Å². The van der Waals surface area contributed by atoms with E-state index in [1.54, 1.807) is 11.5 Å². The molecular weight excluding hydrogens is 612 g/mol. The Morgan fingerprint density at radius 3 is 2.51 bits per heavy atom. The summed E-state index contributed by atoms with van der Waals surface area (Å²) < 4.78 is 14.1. The Hall–Kier alpha value is -1.23. The highest BCUT2D eigenvalue weighted by Gasteiger charge is 2.48. The molecule has 1 amide bonds. The van der Waals surface area contributed by atoms with Crippen LogP contribution < -0.4 is 9.57 Å². The maximum absolute atomic E-state index is 12.6. The van der Waals surface area contributed by atoms with E-state index in [1.807, 2.05) is 63.2 Å². The Balaban J connectivity index is 0.00000141. The van der Waals surface area contributed by atoms with Crippen molar-refractivity contribution in [1.82, 2.24) is 14.3 Å². The molecule has 0 aromatic carbocycles. The lowest BCUT2D eigenvalue weighted by Gasteiger charge is -2.57. The number of fused-ring (bicyclic) bond motifs is 3. The van der Waals surface area contributed by atoms with Crippen LogP contribution >= 0.6 is 51.3 Å². The number of anilines is 2. The number of pyridine rings is 1. The third-order valence-electron chi connectivity index (χ3n) is 6.02. The minimum Gasteiger partial charge on any atom is -0.444 e. The van der Waals surface area contributed by atoms with Crippen molar-refractivity contribution < 1.29 is 9.53 Å². The number of piperazine rings is 1. The number of carbonyl (C=O) groups excluding carboxylic acids is 1. The zero-order valence-corrected chi connectivity index (χ0v) is 25.8. The molecule has 190 valence electrons. The number of piperidine rings is 1. The molecule has 3 atom stereocenters. The number of ether oxygens (including phenoxy) is 1. The number of nitrogens with zero attached hydrogens (tertiary/aromatic N) is 5. The van der Waals surface area contributed by atoms with Crippen LogP contribution in [0.25, 0.3) is 10.2 Å². The summed E-state index contributed by atoms with van der Waals surface area (Å²) in [4.78, 5) is 21.1. The van der Waals surface area contributed by atoms with Crippen LogP contribution in [0.2, 0.25) is 0 Å². The molecule has 2 fully saturated rings. The molecule has 0 N–H and O–H groups in total. The van der Waals surface area contributed by atoms with Gasteiger partial charge in [-0.2, -0.15) is 4.37 Å². The molecule has 7 nitrogen and oxygen atoms in total. The first kappa shape index (κ1) is 26.8. The summed E-state index contributed by atoms with van der Waals surface area (Å²) in [6.45, 7) is 14.2. The minimum absolute atomic E-state index is 0.195. The van der Waals surface area contributed by atoms with Gasteiger partial charge in [0.1, 0.15) is 16.1 Å². The largest absolute Gasteiger partial charge is 0.444 e. The van der Waals surface area contributed by atoms with Crippen molar-refractivity contribution in [2.45, 2.75) is 72.2 Å². The fraction of sp³-hybridized carbons (Fsp3) is 0.542. The molecule has 0 spiro atoms. The van der Waals surface area contributed by atoms with Gasteiger partial charge in [0.15, 0.2) is 0 Å². The average Bonchev–Trinajstić information content (AvgIpc) is 3.39. The Bertz CT molecular complexity index is 1150. The Morgan fingerprint density at radius 1 is 1.26 bits per heavy atom. The second kappa shape index (κ2) is 11.0. The molecule has 0 aliphatic carbocycles. The first-order valence-corrected chi connectivity index (χ1v) is 17.6. The summed E-state index contributed by atoms with van der Waals surface area (Å²) in [6.07, 6.45) is 5.26. The molecule has 3 aromatic rings. The number of carbonyl (C=O) groups is 1. The summed E-state index contributed by atoms with van der Waals surface area (Å²) in [5, 5.41) is 2.56. The fourth-order valence-electron chi connectivity index (χ4n) is 4.52. The SMILES string of the molecule is CC.Cc1c(N2C3CC2CN(C(=O)OC(C)(C)C)C3)sc2c(N(Cc3ccncc3)PI)snc12. The number of rotatable bonds is 5. The summed E-state index contributed by atoms with van der Waals surface area (Å²) >= 11 is 5.91. The van der Waals surface area contributed by atoms with Crippen LogP contribution in [-0.2, 0) is 11.3 Å². The van der Waals surface area contributed by atoms with Gasteiger partial charge in [0.05, 0.1) is 9.70 Å². The maximum atomic E-state index is 12.6. The lowest BCUT2D eigenvalue weighted by Crippen LogP contribution is -2.70.